The van der Waals surface area contributed by atoms with Crippen molar-refractivity contribution in [2.24, 2.45) is 5.92 Å². The van der Waals surface area contributed by atoms with Gasteiger partial charge >= 0.3 is 0 Å². The maximum atomic E-state index is 5.89. The number of hydrogen-bond donors (Lipinski definition) is 0. The molecule has 1 aliphatic rings. The standard InChI is InChI=1S/C15H30O2/c1-4-7-9-14(5-2)12-16-13-17-15(6-3)10-8-11-15/h14H,4-13H2,1-3H3. The molecule has 0 amide bonds. The van der Waals surface area contributed by atoms with E-state index in [9.17, 15) is 0 Å². The Morgan fingerprint density at radius 2 is 1.94 bits per heavy atom. The van der Waals surface area contributed by atoms with Crippen LogP contribution in [0.25, 0.3) is 0 Å². The zero-order valence-corrected chi connectivity index (χ0v) is 12.0. The Morgan fingerprint density at radius 1 is 1.18 bits per heavy atom. The Kier molecular flexibility index (Phi) is 7.14. The fourth-order valence-corrected chi connectivity index (χ4v) is 2.45. The molecule has 2 heteroatoms. The molecule has 0 bridgehead atoms. The summed E-state index contributed by atoms with van der Waals surface area (Å²) in [4.78, 5) is 0. The molecule has 1 rings (SSSR count). The molecule has 1 unspecified atom stereocenters. The Balaban J connectivity index is 2.05. The van der Waals surface area contributed by atoms with E-state index in [1.165, 1.54) is 44.9 Å². The third-order valence-electron chi connectivity index (χ3n) is 4.25. The van der Waals surface area contributed by atoms with Crippen LogP contribution in [0.3, 0.4) is 0 Å². The van der Waals surface area contributed by atoms with Gasteiger partial charge in [-0.3, -0.25) is 0 Å². The first-order valence-electron chi connectivity index (χ1n) is 7.48. The zero-order chi connectivity index (χ0) is 12.6. The summed E-state index contributed by atoms with van der Waals surface area (Å²) in [6.45, 7) is 8.09. The van der Waals surface area contributed by atoms with Crippen molar-refractivity contribution in [2.75, 3.05) is 13.4 Å². The summed E-state index contributed by atoms with van der Waals surface area (Å²) in [6.07, 6.45) is 10.0. The minimum absolute atomic E-state index is 0.172. The van der Waals surface area contributed by atoms with Crippen LogP contribution in [-0.2, 0) is 9.47 Å². The van der Waals surface area contributed by atoms with Crippen LogP contribution in [0.4, 0.5) is 0 Å². The number of hydrogen-bond acceptors (Lipinski definition) is 2. The summed E-state index contributed by atoms with van der Waals surface area (Å²) in [7, 11) is 0. The van der Waals surface area contributed by atoms with Gasteiger partial charge < -0.3 is 9.47 Å². The first-order valence-corrected chi connectivity index (χ1v) is 7.48. The highest BCUT2D eigenvalue weighted by atomic mass is 16.7. The molecule has 0 aromatic carbocycles. The maximum absolute atomic E-state index is 5.89. The van der Waals surface area contributed by atoms with Crippen LogP contribution in [0.5, 0.6) is 0 Å². The Bertz CT molecular complexity index is 182. The van der Waals surface area contributed by atoms with E-state index in [0.29, 0.717) is 6.79 Å². The van der Waals surface area contributed by atoms with Gasteiger partial charge in [0.2, 0.25) is 0 Å². The Hall–Kier alpha value is -0.0800. The molecule has 0 aromatic heterocycles. The molecule has 0 aliphatic heterocycles. The monoisotopic (exact) mass is 242 g/mol. The van der Waals surface area contributed by atoms with Crippen LogP contribution in [0.15, 0.2) is 0 Å². The topological polar surface area (TPSA) is 18.5 Å². The highest BCUT2D eigenvalue weighted by Crippen LogP contribution is 2.38. The average Bonchev–Trinajstić information content (AvgIpc) is 2.31. The lowest BCUT2D eigenvalue weighted by molar-refractivity contribution is -0.179. The molecule has 1 aliphatic carbocycles. The SMILES string of the molecule is CCCCC(CC)COCOC1(CC)CCC1. The summed E-state index contributed by atoms with van der Waals surface area (Å²) in [5.41, 5.74) is 0.172. The summed E-state index contributed by atoms with van der Waals surface area (Å²) < 4.78 is 11.6. The molecular weight excluding hydrogens is 212 g/mol. The first kappa shape index (κ1) is 15.0. The normalized spacial score (nSPS) is 19.9. The van der Waals surface area contributed by atoms with Crippen molar-refractivity contribution in [3.05, 3.63) is 0 Å². The van der Waals surface area contributed by atoms with Gasteiger partial charge in [-0.25, -0.2) is 0 Å². The van der Waals surface area contributed by atoms with Gasteiger partial charge in [0.05, 0.1) is 12.2 Å². The second-order valence-corrected chi connectivity index (χ2v) is 5.44. The van der Waals surface area contributed by atoms with Gasteiger partial charge in [-0.2, -0.15) is 0 Å². The lowest BCUT2D eigenvalue weighted by Gasteiger charge is -2.40. The van der Waals surface area contributed by atoms with E-state index in [1.54, 1.807) is 0 Å². The van der Waals surface area contributed by atoms with E-state index in [1.807, 2.05) is 0 Å². The summed E-state index contributed by atoms with van der Waals surface area (Å²) in [5.74, 6) is 0.720. The minimum Gasteiger partial charge on any atom is -0.355 e. The van der Waals surface area contributed by atoms with E-state index in [4.69, 9.17) is 9.47 Å². The van der Waals surface area contributed by atoms with E-state index >= 15 is 0 Å². The van der Waals surface area contributed by atoms with Crippen LogP contribution < -0.4 is 0 Å². The molecular formula is C15H30O2. The molecule has 0 spiro atoms. The number of rotatable bonds is 10. The predicted molar refractivity (Wildman–Crippen MR) is 72.1 cm³/mol. The van der Waals surface area contributed by atoms with E-state index < -0.39 is 0 Å². The molecule has 1 atom stereocenters. The quantitative estimate of drug-likeness (QED) is 0.414. The van der Waals surface area contributed by atoms with Crippen LogP contribution >= 0.6 is 0 Å². The fraction of sp³-hybridized carbons (Fsp3) is 1.00. The predicted octanol–water partition coefficient (Wildman–Crippen LogP) is 4.53. The zero-order valence-electron chi connectivity index (χ0n) is 12.0. The number of unbranched alkanes of at least 4 members (excludes halogenated alkanes) is 1. The Morgan fingerprint density at radius 3 is 2.41 bits per heavy atom. The fourth-order valence-electron chi connectivity index (χ4n) is 2.45. The van der Waals surface area contributed by atoms with Gasteiger partial charge in [-0.1, -0.05) is 40.0 Å². The smallest absolute Gasteiger partial charge is 0.147 e. The summed E-state index contributed by atoms with van der Waals surface area (Å²) in [6, 6.07) is 0. The van der Waals surface area contributed by atoms with Gasteiger partial charge in [-0.15, -0.1) is 0 Å². The van der Waals surface area contributed by atoms with Crippen LogP contribution in [0.1, 0.15) is 72.1 Å². The second kappa shape index (κ2) is 8.10. The second-order valence-electron chi connectivity index (χ2n) is 5.44. The van der Waals surface area contributed by atoms with Crippen molar-refractivity contribution in [2.45, 2.75) is 77.7 Å². The third kappa shape index (κ3) is 4.97. The van der Waals surface area contributed by atoms with Crippen molar-refractivity contribution in [3.63, 3.8) is 0 Å². The lowest BCUT2D eigenvalue weighted by atomic mass is 9.78. The summed E-state index contributed by atoms with van der Waals surface area (Å²) in [5, 5.41) is 0. The largest absolute Gasteiger partial charge is 0.355 e. The van der Waals surface area contributed by atoms with E-state index in [-0.39, 0.29) is 5.60 Å². The molecule has 0 radical (unpaired) electrons. The van der Waals surface area contributed by atoms with Crippen molar-refractivity contribution in [3.8, 4) is 0 Å². The molecule has 1 fully saturated rings. The van der Waals surface area contributed by atoms with Gasteiger partial charge in [0.25, 0.3) is 0 Å². The highest BCUT2D eigenvalue weighted by molar-refractivity contribution is 4.87. The molecule has 0 saturated heterocycles. The van der Waals surface area contributed by atoms with Gasteiger partial charge in [0, 0.05) is 0 Å². The lowest BCUT2D eigenvalue weighted by Crippen LogP contribution is -2.40. The maximum Gasteiger partial charge on any atom is 0.147 e. The van der Waals surface area contributed by atoms with E-state index in [0.717, 1.165) is 18.9 Å². The van der Waals surface area contributed by atoms with Gasteiger partial charge in [0.15, 0.2) is 0 Å². The molecule has 1 saturated carbocycles. The third-order valence-corrected chi connectivity index (χ3v) is 4.25. The van der Waals surface area contributed by atoms with Gasteiger partial charge in [0.1, 0.15) is 6.79 Å². The average molecular weight is 242 g/mol. The van der Waals surface area contributed by atoms with Crippen LogP contribution in [-0.4, -0.2) is 19.0 Å². The minimum atomic E-state index is 0.172. The van der Waals surface area contributed by atoms with Crippen LogP contribution in [0, 0.1) is 5.92 Å². The molecule has 2 nitrogen and oxygen atoms in total. The molecule has 0 N–H and O–H groups in total. The molecule has 102 valence electrons. The van der Waals surface area contributed by atoms with Crippen molar-refractivity contribution in [1.82, 2.24) is 0 Å². The number of ether oxygens (including phenoxy) is 2. The summed E-state index contributed by atoms with van der Waals surface area (Å²) >= 11 is 0. The first-order chi connectivity index (χ1) is 8.26. The molecule has 17 heavy (non-hydrogen) atoms. The van der Waals surface area contributed by atoms with E-state index in [2.05, 4.69) is 20.8 Å². The van der Waals surface area contributed by atoms with Crippen molar-refractivity contribution < 1.29 is 9.47 Å². The van der Waals surface area contributed by atoms with Gasteiger partial charge in [-0.05, 0) is 38.0 Å². The highest BCUT2D eigenvalue weighted by Gasteiger charge is 2.36. The van der Waals surface area contributed by atoms with Crippen molar-refractivity contribution >= 4 is 0 Å². The molecule has 0 aromatic rings. The Labute approximate surface area is 107 Å². The van der Waals surface area contributed by atoms with Crippen LogP contribution in [0.2, 0.25) is 0 Å². The van der Waals surface area contributed by atoms with Crippen molar-refractivity contribution in [1.29, 1.82) is 0 Å². The molecule has 0 heterocycles.